The summed E-state index contributed by atoms with van der Waals surface area (Å²) in [5.74, 6) is 2.08. The van der Waals surface area contributed by atoms with Crippen molar-refractivity contribution in [3.63, 3.8) is 0 Å². The summed E-state index contributed by atoms with van der Waals surface area (Å²) in [5.41, 5.74) is 0.401. The molecule has 1 aromatic carbocycles. The minimum Gasteiger partial charge on any atom is -0.479 e. The quantitative estimate of drug-likeness (QED) is 0.860. The predicted octanol–water partition coefficient (Wildman–Crippen LogP) is 2.51. The van der Waals surface area contributed by atoms with Gasteiger partial charge in [-0.1, -0.05) is 6.42 Å². The number of sulfonamides is 1. The lowest BCUT2D eigenvalue weighted by atomic mass is 9.84. The lowest BCUT2D eigenvalue weighted by molar-refractivity contribution is -0.122. The van der Waals surface area contributed by atoms with Crippen molar-refractivity contribution in [3.8, 4) is 5.75 Å². The van der Waals surface area contributed by atoms with Crippen LogP contribution in [-0.4, -0.2) is 26.5 Å². The lowest BCUT2D eigenvalue weighted by Gasteiger charge is -2.28. The fraction of sp³-hybridized carbons (Fsp3) is 0.611. The van der Waals surface area contributed by atoms with Crippen molar-refractivity contribution in [3.05, 3.63) is 18.2 Å². The minimum absolute atomic E-state index is 0.0813. The maximum atomic E-state index is 12.8. The summed E-state index contributed by atoms with van der Waals surface area (Å²) in [6.45, 7) is 3.62. The first kappa shape index (κ1) is 16.8. The zero-order valence-electron chi connectivity index (χ0n) is 14.5. The summed E-state index contributed by atoms with van der Waals surface area (Å²) < 4.78 is 33.9. The first-order valence-electron chi connectivity index (χ1n) is 8.97. The number of hydrogen-bond acceptors (Lipinski definition) is 4. The maximum Gasteiger partial charge on any atom is 0.265 e. The van der Waals surface area contributed by atoms with Crippen molar-refractivity contribution in [2.45, 2.75) is 56.6 Å². The highest BCUT2D eigenvalue weighted by Crippen LogP contribution is 2.49. The largest absolute Gasteiger partial charge is 0.479 e. The van der Waals surface area contributed by atoms with Crippen LogP contribution in [0.3, 0.4) is 0 Å². The van der Waals surface area contributed by atoms with Gasteiger partial charge in [0.1, 0.15) is 5.75 Å². The second-order valence-electron chi connectivity index (χ2n) is 7.66. The van der Waals surface area contributed by atoms with E-state index in [1.807, 2.05) is 6.92 Å². The Labute approximate surface area is 148 Å². The van der Waals surface area contributed by atoms with Crippen LogP contribution in [0.15, 0.2) is 23.1 Å². The third kappa shape index (κ3) is 3.04. The van der Waals surface area contributed by atoms with Gasteiger partial charge in [0.15, 0.2) is 6.10 Å². The van der Waals surface area contributed by atoms with Crippen LogP contribution in [-0.2, 0) is 14.8 Å². The Morgan fingerprint density at radius 1 is 1.28 bits per heavy atom. The van der Waals surface area contributed by atoms with Gasteiger partial charge in [-0.2, -0.15) is 0 Å². The summed E-state index contributed by atoms with van der Waals surface area (Å²) in [6, 6.07) is 4.51. The second-order valence-corrected chi connectivity index (χ2v) is 9.37. The third-order valence-electron chi connectivity index (χ3n) is 5.97. The molecule has 0 unspecified atom stereocenters. The number of ether oxygens (including phenoxy) is 1. The van der Waals surface area contributed by atoms with E-state index in [0.29, 0.717) is 23.3 Å². The van der Waals surface area contributed by atoms with E-state index in [2.05, 4.69) is 10.0 Å². The molecular weight excluding hydrogens is 340 g/mol. The molecule has 2 fully saturated rings. The van der Waals surface area contributed by atoms with Gasteiger partial charge in [-0.05, 0) is 69.1 Å². The highest BCUT2D eigenvalue weighted by molar-refractivity contribution is 7.89. The van der Waals surface area contributed by atoms with Crippen molar-refractivity contribution in [1.29, 1.82) is 0 Å². The van der Waals surface area contributed by atoms with E-state index >= 15 is 0 Å². The monoisotopic (exact) mass is 364 g/mol. The van der Waals surface area contributed by atoms with Crippen LogP contribution in [0.1, 0.15) is 39.5 Å². The Balaban J connectivity index is 1.52. The fourth-order valence-corrected chi connectivity index (χ4v) is 5.98. The molecule has 0 aromatic heterocycles. The van der Waals surface area contributed by atoms with Gasteiger partial charge in [0.25, 0.3) is 5.91 Å². The van der Waals surface area contributed by atoms with Crippen molar-refractivity contribution in [1.82, 2.24) is 4.72 Å². The predicted molar refractivity (Wildman–Crippen MR) is 93.9 cm³/mol. The molecule has 4 rings (SSSR count). The molecule has 2 N–H and O–H groups in total. The molecule has 0 saturated heterocycles. The molecule has 5 atom stereocenters. The zero-order valence-corrected chi connectivity index (χ0v) is 15.3. The smallest absolute Gasteiger partial charge is 0.265 e. The van der Waals surface area contributed by atoms with Crippen molar-refractivity contribution in [2.75, 3.05) is 5.32 Å². The molecule has 1 heterocycles. The molecular formula is C18H24N2O4S. The molecule has 0 radical (unpaired) electrons. The highest BCUT2D eigenvalue weighted by atomic mass is 32.2. The lowest BCUT2D eigenvalue weighted by Crippen LogP contribution is -2.40. The molecule has 1 amide bonds. The van der Waals surface area contributed by atoms with Gasteiger partial charge >= 0.3 is 0 Å². The molecule has 2 aliphatic carbocycles. The van der Waals surface area contributed by atoms with Crippen LogP contribution in [0.5, 0.6) is 5.75 Å². The summed E-state index contributed by atoms with van der Waals surface area (Å²) >= 11 is 0. The van der Waals surface area contributed by atoms with Gasteiger partial charge in [0.2, 0.25) is 10.0 Å². The second kappa shape index (κ2) is 5.99. The van der Waals surface area contributed by atoms with Crippen molar-refractivity contribution in [2.24, 2.45) is 17.8 Å². The Bertz CT molecular complexity index is 807. The SMILES string of the molecule is C[C@@H]1Oc2ccc(S(=O)(=O)N[C@@H](C)[C@H]3C[C@H]4CC[C@H]3C4)cc2NC1=O. The van der Waals surface area contributed by atoms with E-state index in [4.69, 9.17) is 4.74 Å². The molecule has 25 heavy (non-hydrogen) atoms. The van der Waals surface area contributed by atoms with Crippen LogP contribution < -0.4 is 14.8 Å². The van der Waals surface area contributed by atoms with Crippen LogP contribution in [0.4, 0.5) is 5.69 Å². The first-order valence-corrected chi connectivity index (χ1v) is 10.5. The van der Waals surface area contributed by atoms with E-state index < -0.39 is 16.1 Å². The number of amides is 1. The first-order chi connectivity index (χ1) is 11.8. The van der Waals surface area contributed by atoms with Gasteiger partial charge in [-0.25, -0.2) is 13.1 Å². The zero-order chi connectivity index (χ0) is 17.8. The number of benzene rings is 1. The summed E-state index contributed by atoms with van der Waals surface area (Å²) in [6.07, 6.45) is 4.31. The van der Waals surface area contributed by atoms with Gasteiger partial charge in [-0.3, -0.25) is 4.79 Å². The van der Waals surface area contributed by atoms with E-state index in [1.165, 1.54) is 31.4 Å². The number of rotatable bonds is 4. The van der Waals surface area contributed by atoms with Crippen molar-refractivity contribution < 1.29 is 17.9 Å². The molecule has 2 saturated carbocycles. The van der Waals surface area contributed by atoms with Gasteiger partial charge in [0, 0.05) is 6.04 Å². The summed E-state index contributed by atoms with van der Waals surface area (Å²) in [5, 5.41) is 2.70. The average Bonchev–Trinajstić information content (AvgIpc) is 3.18. The molecule has 136 valence electrons. The number of hydrogen-bond donors (Lipinski definition) is 2. The van der Waals surface area contributed by atoms with Crippen LogP contribution >= 0.6 is 0 Å². The normalized spacial score (nSPS) is 32.0. The standard InChI is InChI=1S/C18H24N2O4S/c1-10(15-8-12-3-4-13(15)7-12)20-25(22,23)14-5-6-17-16(9-14)19-18(21)11(2)24-17/h5-6,9-13,15,20H,3-4,7-8H2,1-2H3,(H,19,21)/t10-,11-,12-,13-,15+/m0/s1. The fourth-order valence-electron chi connectivity index (χ4n) is 4.66. The Morgan fingerprint density at radius 3 is 2.76 bits per heavy atom. The molecule has 2 bridgehead atoms. The minimum atomic E-state index is -3.64. The Hall–Kier alpha value is -1.60. The Kier molecular flexibility index (Phi) is 4.03. The topological polar surface area (TPSA) is 84.5 Å². The van der Waals surface area contributed by atoms with Gasteiger partial charge in [-0.15, -0.1) is 0 Å². The number of carbonyl (C=O) groups excluding carboxylic acids is 1. The summed E-state index contributed by atoms with van der Waals surface area (Å²) in [4.78, 5) is 11.9. The molecule has 1 aliphatic heterocycles. The molecule has 1 aromatic rings. The Morgan fingerprint density at radius 2 is 2.08 bits per heavy atom. The summed E-state index contributed by atoms with van der Waals surface area (Å²) in [7, 11) is -3.64. The maximum absolute atomic E-state index is 12.8. The van der Waals surface area contributed by atoms with Gasteiger partial charge in [0.05, 0.1) is 10.6 Å². The average molecular weight is 364 g/mol. The van der Waals surface area contributed by atoms with Crippen LogP contribution in [0.25, 0.3) is 0 Å². The van der Waals surface area contributed by atoms with Crippen molar-refractivity contribution >= 4 is 21.6 Å². The van der Waals surface area contributed by atoms with Crippen LogP contribution in [0, 0.1) is 17.8 Å². The molecule has 0 spiro atoms. The van der Waals surface area contributed by atoms with Crippen LogP contribution in [0.2, 0.25) is 0 Å². The molecule has 3 aliphatic rings. The van der Waals surface area contributed by atoms with Gasteiger partial charge < -0.3 is 10.1 Å². The molecule has 6 nitrogen and oxygen atoms in total. The number of carbonyl (C=O) groups is 1. The number of fused-ring (bicyclic) bond motifs is 3. The number of anilines is 1. The van der Waals surface area contributed by atoms with E-state index in [-0.39, 0.29) is 16.8 Å². The molecule has 7 heteroatoms. The highest BCUT2D eigenvalue weighted by Gasteiger charge is 2.42. The van der Waals surface area contributed by atoms with E-state index in [0.717, 1.165) is 12.3 Å². The number of nitrogens with one attached hydrogen (secondary N) is 2. The third-order valence-corrected chi connectivity index (χ3v) is 7.52. The van der Waals surface area contributed by atoms with E-state index in [1.54, 1.807) is 13.0 Å². The van der Waals surface area contributed by atoms with E-state index in [9.17, 15) is 13.2 Å².